The summed E-state index contributed by atoms with van der Waals surface area (Å²) < 4.78 is 27.3. The maximum absolute atomic E-state index is 13.0. The molecule has 1 atom stereocenters. The fourth-order valence-corrected chi connectivity index (χ4v) is 5.12. The van der Waals surface area contributed by atoms with Crippen LogP contribution < -0.4 is 5.32 Å². The van der Waals surface area contributed by atoms with Crippen molar-refractivity contribution in [2.24, 2.45) is 0 Å². The van der Waals surface area contributed by atoms with Crippen LogP contribution in [0.4, 0.5) is 0 Å². The third-order valence-electron chi connectivity index (χ3n) is 4.59. The molecule has 2 aromatic carbocycles. The van der Waals surface area contributed by atoms with E-state index in [1.165, 1.54) is 28.6 Å². The fraction of sp³-hybridized carbons (Fsp3) is 0.316. The summed E-state index contributed by atoms with van der Waals surface area (Å²) >= 11 is 12.0. The SMILES string of the molecule is O=C(NCc1ccccc1Cl)C1CCCCN1S(=O)(=O)c1ccc(Cl)cc1. The molecule has 1 unspecified atom stereocenters. The second-order valence-corrected chi connectivity index (χ2v) is 9.12. The van der Waals surface area contributed by atoms with Crippen LogP contribution in [-0.2, 0) is 21.4 Å². The highest BCUT2D eigenvalue weighted by Gasteiger charge is 2.37. The Balaban J connectivity index is 1.77. The van der Waals surface area contributed by atoms with Crippen LogP contribution in [0.25, 0.3) is 0 Å². The van der Waals surface area contributed by atoms with Gasteiger partial charge in [-0.1, -0.05) is 47.8 Å². The quantitative estimate of drug-likeness (QED) is 0.788. The van der Waals surface area contributed by atoms with Crippen molar-refractivity contribution in [3.8, 4) is 0 Å². The Morgan fingerprint density at radius 2 is 1.78 bits per heavy atom. The average Bonchev–Trinajstić information content (AvgIpc) is 2.67. The van der Waals surface area contributed by atoms with E-state index in [-0.39, 0.29) is 17.3 Å². The number of rotatable bonds is 5. The first-order valence-electron chi connectivity index (χ1n) is 8.68. The normalized spacial score (nSPS) is 18.2. The summed E-state index contributed by atoms with van der Waals surface area (Å²) in [7, 11) is -3.78. The minimum atomic E-state index is -3.78. The molecule has 5 nitrogen and oxygen atoms in total. The van der Waals surface area contributed by atoms with Crippen molar-refractivity contribution >= 4 is 39.1 Å². The molecule has 1 fully saturated rings. The highest BCUT2D eigenvalue weighted by atomic mass is 35.5. The van der Waals surface area contributed by atoms with Crippen molar-refractivity contribution in [2.75, 3.05) is 6.54 Å². The second kappa shape index (κ2) is 8.61. The van der Waals surface area contributed by atoms with E-state index in [1.54, 1.807) is 6.07 Å². The van der Waals surface area contributed by atoms with Gasteiger partial charge >= 0.3 is 0 Å². The van der Waals surface area contributed by atoms with E-state index in [2.05, 4.69) is 5.32 Å². The Morgan fingerprint density at radius 3 is 2.48 bits per heavy atom. The van der Waals surface area contributed by atoms with Gasteiger partial charge in [0.25, 0.3) is 0 Å². The molecular weight excluding hydrogens is 407 g/mol. The molecule has 0 saturated carbocycles. The maximum Gasteiger partial charge on any atom is 0.243 e. The van der Waals surface area contributed by atoms with Crippen molar-refractivity contribution in [3.63, 3.8) is 0 Å². The van der Waals surface area contributed by atoms with Crippen LogP contribution in [0.1, 0.15) is 24.8 Å². The summed E-state index contributed by atoms with van der Waals surface area (Å²) in [4.78, 5) is 12.9. The lowest BCUT2D eigenvalue weighted by molar-refractivity contribution is -0.125. The lowest BCUT2D eigenvalue weighted by Crippen LogP contribution is -2.51. The van der Waals surface area contributed by atoms with Crippen LogP contribution in [0.3, 0.4) is 0 Å². The number of piperidine rings is 1. The van der Waals surface area contributed by atoms with Crippen molar-refractivity contribution in [1.29, 1.82) is 0 Å². The topological polar surface area (TPSA) is 66.5 Å². The van der Waals surface area contributed by atoms with Crippen LogP contribution in [0.5, 0.6) is 0 Å². The summed E-state index contributed by atoms with van der Waals surface area (Å²) in [5, 5.41) is 3.84. The zero-order valence-corrected chi connectivity index (χ0v) is 16.9. The van der Waals surface area contributed by atoms with Crippen LogP contribution in [0, 0.1) is 0 Å². The number of amides is 1. The van der Waals surface area contributed by atoms with E-state index in [4.69, 9.17) is 23.2 Å². The molecule has 0 spiro atoms. The minimum Gasteiger partial charge on any atom is -0.351 e. The minimum absolute atomic E-state index is 0.137. The third kappa shape index (κ3) is 4.63. The van der Waals surface area contributed by atoms with Crippen molar-refractivity contribution in [1.82, 2.24) is 9.62 Å². The molecule has 1 N–H and O–H groups in total. The van der Waals surface area contributed by atoms with Gasteiger partial charge in [-0.25, -0.2) is 8.42 Å². The predicted molar refractivity (Wildman–Crippen MR) is 106 cm³/mol. The molecule has 0 bridgehead atoms. The number of carbonyl (C=O) groups is 1. The van der Waals surface area contributed by atoms with Gasteiger partial charge in [0.05, 0.1) is 4.90 Å². The summed E-state index contributed by atoms with van der Waals surface area (Å²) in [6.07, 6.45) is 2.01. The molecule has 0 radical (unpaired) electrons. The van der Waals surface area contributed by atoms with Gasteiger partial charge < -0.3 is 5.32 Å². The first-order valence-corrected chi connectivity index (χ1v) is 10.9. The van der Waals surface area contributed by atoms with E-state index >= 15 is 0 Å². The monoisotopic (exact) mass is 426 g/mol. The van der Waals surface area contributed by atoms with Crippen LogP contribution >= 0.6 is 23.2 Å². The molecule has 0 aromatic heterocycles. The van der Waals surface area contributed by atoms with Gasteiger partial charge in [-0.3, -0.25) is 4.79 Å². The smallest absolute Gasteiger partial charge is 0.243 e. The van der Waals surface area contributed by atoms with Crippen LogP contribution in [0.15, 0.2) is 53.4 Å². The number of benzene rings is 2. The Morgan fingerprint density at radius 1 is 1.07 bits per heavy atom. The Labute approximate surface area is 169 Å². The number of sulfonamides is 1. The highest BCUT2D eigenvalue weighted by molar-refractivity contribution is 7.89. The van der Waals surface area contributed by atoms with Crippen LogP contribution in [-0.4, -0.2) is 31.2 Å². The molecule has 144 valence electrons. The van der Waals surface area contributed by atoms with Crippen LogP contribution in [0.2, 0.25) is 10.0 Å². The molecular formula is C19H20Cl2N2O3S. The molecule has 1 aliphatic rings. The lowest BCUT2D eigenvalue weighted by atomic mass is 10.0. The molecule has 1 amide bonds. The van der Waals surface area contributed by atoms with E-state index in [9.17, 15) is 13.2 Å². The van der Waals surface area contributed by atoms with Gasteiger partial charge in [0.15, 0.2) is 0 Å². The molecule has 2 aromatic rings. The van der Waals surface area contributed by atoms with Gasteiger partial charge in [-0.15, -0.1) is 0 Å². The van der Waals surface area contributed by atoms with E-state index in [0.29, 0.717) is 23.0 Å². The average molecular weight is 427 g/mol. The van der Waals surface area contributed by atoms with E-state index in [0.717, 1.165) is 18.4 Å². The number of hydrogen-bond donors (Lipinski definition) is 1. The molecule has 3 rings (SSSR count). The number of nitrogens with one attached hydrogen (secondary N) is 1. The van der Waals surface area contributed by atoms with Gasteiger partial charge in [0, 0.05) is 23.1 Å². The predicted octanol–water partition coefficient (Wildman–Crippen LogP) is 3.85. The summed E-state index contributed by atoms with van der Waals surface area (Å²) in [6.45, 7) is 0.568. The zero-order chi connectivity index (χ0) is 19.4. The van der Waals surface area contributed by atoms with Gasteiger partial charge in [-0.05, 0) is 48.7 Å². The molecule has 27 heavy (non-hydrogen) atoms. The number of carbonyl (C=O) groups excluding carboxylic acids is 1. The third-order valence-corrected chi connectivity index (χ3v) is 7.13. The lowest BCUT2D eigenvalue weighted by Gasteiger charge is -2.33. The van der Waals surface area contributed by atoms with E-state index < -0.39 is 16.1 Å². The summed E-state index contributed by atoms with van der Waals surface area (Å²) in [6, 6.07) is 12.5. The molecule has 1 aliphatic heterocycles. The van der Waals surface area contributed by atoms with E-state index in [1.807, 2.05) is 18.2 Å². The standard InChI is InChI=1S/C19H20Cl2N2O3S/c20-15-8-10-16(11-9-15)27(25,26)23-12-4-3-7-18(23)19(24)22-13-14-5-1-2-6-17(14)21/h1-2,5-6,8-11,18H,3-4,7,12-13H2,(H,22,24). The zero-order valence-electron chi connectivity index (χ0n) is 14.6. The second-order valence-electron chi connectivity index (χ2n) is 6.39. The van der Waals surface area contributed by atoms with Crippen molar-refractivity contribution in [3.05, 3.63) is 64.1 Å². The molecule has 1 heterocycles. The molecule has 0 aliphatic carbocycles. The largest absolute Gasteiger partial charge is 0.351 e. The summed E-state index contributed by atoms with van der Waals surface area (Å²) in [5.74, 6) is -0.313. The van der Waals surface area contributed by atoms with Gasteiger partial charge in [-0.2, -0.15) is 4.31 Å². The Hall–Kier alpha value is -1.60. The Bertz CT molecular complexity index is 917. The van der Waals surface area contributed by atoms with Gasteiger partial charge in [0.1, 0.15) is 6.04 Å². The van der Waals surface area contributed by atoms with Gasteiger partial charge in [0.2, 0.25) is 15.9 Å². The summed E-state index contributed by atoms with van der Waals surface area (Å²) in [5.41, 5.74) is 0.787. The first-order chi connectivity index (χ1) is 12.9. The number of halogens is 2. The maximum atomic E-state index is 13.0. The van der Waals surface area contributed by atoms with Crippen molar-refractivity contribution < 1.29 is 13.2 Å². The number of nitrogens with zero attached hydrogens (tertiary/aromatic N) is 1. The molecule has 8 heteroatoms. The fourth-order valence-electron chi connectivity index (χ4n) is 3.14. The molecule has 1 saturated heterocycles. The first kappa shape index (κ1) is 20.1. The Kier molecular flexibility index (Phi) is 6.42. The highest BCUT2D eigenvalue weighted by Crippen LogP contribution is 2.26. The van der Waals surface area contributed by atoms with Crippen molar-refractivity contribution in [2.45, 2.75) is 36.7 Å². The number of hydrogen-bond acceptors (Lipinski definition) is 3.